The molecule has 1 fully saturated rings. The molecule has 3 heterocycles. The number of aromatic nitrogens is 3. The van der Waals surface area contributed by atoms with E-state index >= 15 is 0 Å². The first kappa shape index (κ1) is 21.9. The molecule has 1 aliphatic rings. The third-order valence-electron chi connectivity index (χ3n) is 5.50. The molecular formula is C23H24F3N5O. The van der Waals surface area contributed by atoms with Crippen LogP contribution in [0.15, 0.2) is 54.9 Å². The van der Waals surface area contributed by atoms with Gasteiger partial charge < -0.3 is 10.2 Å². The van der Waals surface area contributed by atoms with Crippen LogP contribution in [-0.4, -0.2) is 44.7 Å². The lowest BCUT2D eigenvalue weighted by Crippen LogP contribution is -2.32. The van der Waals surface area contributed by atoms with Crippen molar-refractivity contribution in [1.82, 2.24) is 19.7 Å². The van der Waals surface area contributed by atoms with E-state index in [2.05, 4.69) is 15.4 Å². The highest BCUT2D eigenvalue weighted by atomic mass is 19.4. The van der Waals surface area contributed by atoms with Crippen LogP contribution >= 0.6 is 0 Å². The normalized spacial score (nSPS) is 16.6. The van der Waals surface area contributed by atoms with Crippen LogP contribution < -0.4 is 5.32 Å². The maximum absolute atomic E-state index is 13.3. The molecule has 1 unspecified atom stereocenters. The number of hydrogen-bond donors (Lipinski definition) is 1. The Hall–Kier alpha value is -3.36. The molecule has 2 aromatic heterocycles. The Labute approximate surface area is 184 Å². The molecular weight excluding hydrogens is 419 g/mol. The average molecular weight is 443 g/mol. The molecule has 9 heteroatoms. The molecule has 0 bridgehead atoms. The van der Waals surface area contributed by atoms with E-state index in [1.807, 2.05) is 44.2 Å². The van der Waals surface area contributed by atoms with Crippen molar-refractivity contribution in [3.05, 3.63) is 71.7 Å². The number of para-hydroxylation sites is 1. The Morgan fingerprint density at radius 2 is 1.88 bits per heavy atom. The number of hydrogen-bond acceptors (Lipinski definition) is 4. The number of halogens is 3. The van der Waals surface area contributed by atoms with E-state index < -0.39 is 11.7 Å². The number of anilines is 1. The van der Waals surface area contributed by atoms with E-state index in [4.69, 9.17) is 0 Å². The van der Waals surface area contributed by atoms with E-state index in [0.717, 1.165) is 24.4 Å². The van der Waals surface area contributed by atoms with E-state index in [1.54, 1.807) is 4.90 Å². The van der Waals surface area contributed by atoms with Crippen molar-refractivity contribution < 1.29 is 18.0 Å². The minimum absolute atomic E-state index is 0.0820. The molecule has 1 atom stereocenters. The van der Waals surface area contributed by atoms with Gasteiger partial charge in [-0.05, 0) is 36.6 Å². The number of nitrogens with one attached hydrogen (secondary N) is 1. The molecule has 168 valence electrons. The molecule has 0 spiro atoms. The highest BCUT2D eigenvalue weighted by Crippen LogP contribution is 2.30. The third-order valence-corrected chi connectivity index (χ3v) is 5.50. The maximum Gasteiger partial charge on any atom is 0.417 e. The van der Waals surface area contributed by atoms with Crippen molar-refractivity contribution in [2.45, 2.75) is 38.4 Å². The Bertz CT molecular complexity index is 1080. The van der Waals surface area contributed by atoms with E-state index in [1.165, 1.54) is 16.9 Å². The van der Waals surface area contributed by atoms with E-state index in [0.29, 0.717) is 24.3 Å². The first-order valence-corrected chi connectivity index (χ1v) is 10.5. The van der Waals surface area contributed by atoms with Crippen molar-refractivity contribution >= 4 is 11.6 Å². The molecule has 6 nitrogen and oxygen atoms in total. The Kier molecular flexibility index (Phi) is 5.90. The van der Waals surface area contributed by atoms with Gasteiger partial charge in [-0.15, -0.1) is 0 Å². The van der Waals surface area contributed by atoms with Gasteiger partial charge >= 0.3 is 6.18 Å². The topological polar surface area (TPSA) is 63.1 Å². The van der Waals surface area contributed by atoms with Crippen molar-refractivity contribution in [1.29, 1.82) is 0 Å². The van der Waals surface area contributed by atoms with Crippen molar-refractivity contribution in [2.75, 3.05) is 18.4 Å². The van der Waals surface area contributed by atoms with Gasteiger partial charge in [0.05, 0.1) is 23.0 Å². The summed E-state index contributed by atoms with van der Waals surface area (Å²) in [4.78, 5) is 19.0. The van der Waals surface area contributed by atoms with Gasteiger partial charge in [-0.1, -0.05) is 32.0 Å². The molecule has 1 N–H and O–H groups in total. The molecule has 1 saturated heterocycles. The number of carbonyl (C=O) groups excluding carboxylic acids is 1. The summed E-state index contributed by atoms with van der Waals surface area (Å²) >= 11 is 0. The summed E-state index contributed by atoms with van der Waals surface area (Å²) in [6.07, 6.45) is -1.37. The van der Waals surface area contributed by atoms with Gasteiger partial charge in [-0.3, -0.25) is 4.79 Å². The lowest BCUT2D eigenvalue weighted by Gasteiger charge is -2.19. The lowest BCUT2D eigenvalue weighted by molar-refractivity contribution is -0.137. The average Bonchev–Trinajstić information content (AvgIpc) is 3.41. The predicted octanol–water partition coefficient (Wildman–Crippen LogP) is 4.74. The van der Waals surface area contributed by atoms with Crippen LogP contribution in [0.3, 0.4) is 0 Å². The zero-order valence-corrected chi connectivity index (χ0v) is 17.8. The number of benzene rings is 1. The van der Waals surface area contributed by atoms with Crippen LogP contribution in [0.25, 0.3) is 5.82 Å². The Morgan fingerprint density at radius 3 is 2.50 bits per heavy atom. The zero-order valence-electron chi connectivity index (χ0n) is 17.8. The molecule has 1 aromatic carbocycles. The number of carbonyl (C=O) groups is 1. The second-order valence-corrected chi connectivity index (χ2v) is 8.16. The van der Waals surface area contributed by atoms with Crippen LogP contribution in [0, 0.1) is 0 Å². The summed E-state index contributed by atoms with van der Waals surface area (Å²) in [6.45, 7) is 5.01. The fourth-order valence-corrected chi connectivity index (χ4v) is 3.94. The quantitative estimate of drug-likeness (QED) is 0.619. The Morgan fingerprint density at radius 1 is 1.12 bits per heavy atom. The highest BCUT2D eigenvalue weighted by molar-refractivity contribution is 5.95. The summed E-state index contributed by atoms with van der Waals surface area (Å²) in [5, 5.41) is 7.73. The first-order valence-electron chi connectivity index (χ1n) is 10.5. The van der Waals surface area contributed by atoms with Crippen LogP contribution in [0.5, 0.6) is 0 Å². The molecule has 0 aliphatic carbocycles. The molecule has 4 rings (SSSR count). The number of likely N-dealkylation sites (tertiary alicyclic amines) is 1. The first-order chi connectivity index (χ1) is 15.2. The fraction of sp³-hybridized carbons (Fsp3) is 0.348. The van der Waals surface area contributed by atoms with Crippen molar-refractivity contribution in [3.63, 3.8) is 0 Å². The standard InChI is InChI=1S/C23H24F3N5O/c1-15(2)21-19(13-28-31(21)20-9-8-16(12-27-20)23(24,25)26)22(32)30-11-10-18(14-30)29-17-6-4-3-5-7-17/h3-9,12-13,15,18,29H,10-11,14H2,1-2H3. The summed E-state index contributed by atoms with van der Waals surface area (Å²) < 4.78 is 40.0. The van der Waals surface area contributed by atoms with Gasteiger partial charge in [0.15, 0.2) is 5.82 Å². The largest absolute Gasteiger partial charge is 0.417 e. The van der Waals surface area contributed by atoms with Gasteiger partial charge in [-0.2, -0.15) is 18.3 Å². The number of nitrogens with zero attached hydrogens (tertiary/aromatic N) is 4. The highest BCUT2D eigenvalue weighted by Gasteiger charge is 2.32. The van der Waals surface area contributed by atoms with Crippen LogP contribution in [0.1, 0.15) is 47.8 Å². The van der Waals surface area contributed by atoms with Gasteiger partial charge in [0.25, 0.3) is 5.91 Å². The Balaban J connectivity index is 1.54. The van der Waals surface area contributed by atoms with Crippen LogP contribution in [0.4, 0.5) is 18.9 Å². The van der Waals surface area contributed by atoms with Crippen LogP contribution in [-0.2, 0) is 6.18 Å². The van der Waals surface area contributed by atoms with Crippen molar-refractivity contribution in [3.8, 4) is 5.82 Å². The van der Waals surface area contributed by atoms with E-state index in [-0.39, 0.29) is 23.7 Å². The maximum atomic E-state index is 13.3. The molecule has 0 radical (unpaired) electrons. The minimum atomic E-state index is -4.46. The second kappa shape index (κ2) is 8.64. The van der Waals surface area contributed by atoms with Gasteiger partial charge in [0.1, 0.15) is 0 Å². The zero-order chi connectivity index (χ0) is 22.9. The van der Waals surface area contributed by atoms with Crippen molar-refractivity contribution in [2.24, 2.45) is 0 Å². The predicted molar refractivity (Wildman–Crippen MR) is 115 cm³/mol. The van der Waals surface area contributed by atoms with Gasteiger partial charge in [-0.25, -0.2) is 9.67 Å². The molecule has 0 saturated carbocycles. The minimum Gasteiger partial charge on any atom is -0.380 e. The summed E-state index contributed by atoms with van der Waals surface area (Å²) in [5.74, 6) is 0.0244. The SMILES string of the molecule is CC(C)c1c(C(=O)N2CCC(Nc3ccccc3)C2)cnn1-c1ccc(C(F)(F)F)cn1. The number of amides is 1. The van der Waals surface area contributed by atoms with Gasteiger partial charge in [0.2, 0.25) is 0 Å². The third kappa shape index (κ3) is 4.46. The second-order valence-electron chi connectivity index (χ2n) is 8.16. The monoisotopic (exact) mass is 443 g/mol. The molecule has 3 aromatic rings. The lowest BCUT2D eigenvalue weighted by atomic mass is 10.0. The summed E-state index contributed by atoms with van der Waals surface area (Å²) in [5.41, 5.74) is 1.25. The number of pyridine rings is 1. The number of alkyl halides is 3. The fourth-order valence-electron chi connectivity index (χ4n) is 3.94. The molecule has 1 amide bonds. The number of rotatable bonds is 5. The summed E-state index contributed by atoms with van der Waals surface area (Å²) in [7, 11) is 0. The summed E-state index contributed by atoms with van der Waals surface area (Å²) in [6, 6.07) is 12.2. The molecule has 32 heavy (non-hydrogen) atoms. The van der Waals surface area contributed by atoms with Gasteiger partial charge in [0, 0.05) is 31.0 Å². The van der Waals surface area contributed by atoms with E-state index in [9.17, 15) is 18.0 Å². The smallest absolute Gasteiger partial charge is 0.380 e. The van der Waals surface area contributed by atoms with Crippen LogP contribution in [0.2, 0.25) is 0 Å². The molecule has 1 aliphatic heterocycles.